The van der Waals surface area contributed by atoms with Crippen molar-refractivity contribution in [2.75, 3.05) is 0 Å². The van der Waals surface area contributed by atoms with E-state index in [1.165, 1.54) is 0 Å². The summed E-state index contributed by atoms with van der Waals surface area (Å²) in [5.41, 5.74) is 5.17. The highest BCUT2D eigenvalue weighted by atomic mass is 16.6. The van der Waals surface area contributed by atoms with E-state index in [1.807, 2.05) is 41.5 Å². The zero-order valence-corrected chi connectivity index (χ0v) is 10.2. The van der Waals surface area contributed by atoms with E-state index in [4.69, 9.17) is 10.5 Å². The van der Waals surface area contributed by atoms with Gasteiger partial charge in [0.15, 0.2) is 0 Å². The van der Waals surface area contributed by atoms with Gasteiger partial charge in [-0.05, 0) is 32.6 Å². The summed E-state index contributed by atoms with van der Waals surface area (Å²) in [4.78, 5) is 11.6. The minimum Gasteiger partial charge on any atom is -0.459 e. The molecule has 0 saturated carbocycles. The third-order valence-corrected chi connectivity index (χ3v) is 2.41. The van der Waals surface area contributed by atoms with Crippen molar-refractivity contribution in [3.05, 3.63) is 0 Å². The van der Waals surface area contributed by atoms with E-state index < -0.39 is 11.6 Å². The normalized spacial score (nSPS) is 15.1. The molecule has 0 aliphatic heterocycles. The Bertz CT molecular complexity index is 204. The first-order chi connectivity index (χ1) is 6.10. The highest BCUT2D eigenvalue weighted by Crippen LogP contribution is 2.25. The van der Waals surface area contributed by atoms with Crippen LogP contribution in [0.2, 0.25) is 0 Å². The third kappa shape index (κ3) is 4.09. The monoisotopic (exact) mass is 201 g/mol. The Labute approximate surface area is 87.0 Å². The summed E-state index contributed by atoms with van der Waals surface area (Å²) in [6.45, 7) is 11.5. The zero-order valence-electron chi connectivity index (χ0n) is 10.2. The van der Waals surface area contributed by atoms with Crippen LogP contribution in [0.3, 0.4) is 0 Å². The second kappa shape index (κ2) is 4.30. The van der Waals surface area contributed by atoms with Crippen molar-refractivity contribution >= 4 is 5.97 Å². The van der Waals surface area contributed by atoms with E-state index in [1.54, 1.807) is 0 Å². The summed E-state index contributed by atoms with van der Waals surface area (Å²) in [6, 6.07) is -0.549. The molecule has 0 aromatic rings. The Hall–Kier alpha value is -0.570. The molecular formula is C11H23NO2. The van der Waals surface area contributed by atoms with Crippen LogP contribution in [0.15, 0.2) is 0 Å². The maximum absolute atomic E-state index is 11.6. The SMILES string of the molecule is CCC(C)(C)C(N)C(=O)OC(C)(C)C. The van der Waals surface area contributed by atoms with E-state index in [-0.39, 0.29) is 11.4 Å². The molecule has 0 aliphatic rings. The molecule has 3 nitrogen and oxygen atoms in total. The minimum atomic E-state index is -0.549. The average molecular weight is 201 g/mol. The minimum absolute atomic E-state index is 0.206. The van der Waals surface area contributed by atoms with Gasteiger partial charge in [-0.2, -0.15) is 0 Å². The van der Waals surface area contributed by atoms with E-state index in [0.717, 1.165) is 6.42 Å². The second-order valence-corrected chi connectivity index (χ2v) is 5.35. The Morgan fingerprint density at radius 3 is 2.00 bits per heavy atom. The van der Waals surface area contributed by atoms with Gasteiger partial charge in [-0.25, -0.2) is 0 Å². The van der Waals surface area contributed by atoms with Crippen molar-refractivity contribution < 1.29 is 9.53 Å². The average Bonchev–Trinajstić information content (AvgIpc) is 2.00. The lowest BCUT2D eigenvalue weighted by Crippen LogP contribution is -2.46. The second-order valence-electron chi connectivity index (χ2n) is 5.35. The predicted octanol–water partition coefficient (Wildman–Crippen LogP) is 2.09. The van der Waals surface area contributed by atoms with Crippen LogP contribution in [0, 0.1) is 5.41 Å². The van der Waals surface area contributed by atoms with Gasteiger partial charge >= 0.3 is 5.97 Å². The van der Waals surface area contributed by atoms with E-state index in [2.05, 4.69) is 0 Å². The largest absolute Gasteiger partial charge is 0.459 e. The summed E-state index contributed by atoms with van der Waals surface area (Å²) in [5.74, 6) is -0.315. The molecule has 14 heavy (non-hydrogen) atoms. The summed E-state index contributed by atoms with van der Waals surface area (Å²) < 4.78 is 5.22. The molecule has 0 bridgehead atoms. The fourth-order valence-corrected chi connectivity index (χ4v) is 0.904. The lowest BCUT2D eigenvalue weighted by atomic mass is 9.82. The van der Waals surface area contributed by atoms with Crippen molar-refractivity contribution in [1.82, 2.24) is 0 Å². The fourth-order valence-electron chi connectivity index (χ4n) is 0.904. The standard InChI is InChI=1S/C11H23NO2/c1-7-11(5,6)8(12)9(13)14-10(2,3)4/h8H,7,12H2,1-6H3. The topological polar surface area (TPSA) is 52.3 Å². The van der Waals surface area contributed by atoms with Gasteiger partial charge in [-0.3, -0.25) is 4.79 Å². The molecule has 0 heterocycles. The van der Waals surface area contributed by atoms with Crippen LogP contribution in [0.25, 0.3) is 0 Å². The van der Waals surface area contributed by atoms with E-state index >= 15 is 0 Å². The van der Waals surface area contributed by atoms with Crippen molar-refractivity contribution in [2.45, 2.75) is 59.6 Å². The van der Waals surface area contributed by atoms with Gasteiger partial charge in [-0.1, -0.05) is 20.8 Å². The van der Waals surface area contributed by atoms with Crippen LogP contribution >= 0.6 is 0 Å². The number of carbonyl (C=O) groups is 1. The maximum atomic E-state index is 11.6. The summed E-state index contributed by atoms with van der Waals surface area (Å²) >= 11 is 0. The van der Waals surface area contributed by atoms with Crippen LogP contribution < -0.4 is 5.73 Å². The van der Waals surface area contributed by atoms with Crippen LogP contribution in [-0.2, 0) is 9.53 Å². The fraction of sp³-hybridized carbons (Fsp3) is 0.909. The summed E-state index contributed by atoms with van der Waals surface area (Å²) in [7, 11) is 0. The number of nitrogens with two attached hydrogens (primary N) is 1. The molecule has 0 amide bonds. The highest BCUT2D eigenvalue weighted by Gasteiger charge is 2.33. The van der Waals surface area contributed by atoms with Crippen molar-refractivity contribution in [3.63, 3.8) is 0 Å². The molecule has 0 radical (unpaired) electrons. The van der Waals surface area contributed by atoms with E-state index in [9.17, 15) is 4.79 Å². The van der Waals surface area contributed by atoms with Crippen LogP contribution in [-0.4, -0.2) is 17.6 Å². The van der Waals surface area contributed by atoms with E-state index in [0.29, 0.717) is 0 Å². The molecule has 0 saturated heterocycles. The number of hydrogen-bond donors (Lipinski definition) is 1. The van der Waals surface area contributed by atoms with Crippen LogP contribution in [0.1, 0.15) is 48.0 Å². The smallest absolute Gasteiger partial charge is 0.323 e. The molecule has 0 spiro atoms. The molecule has 2 N–H and O–H groups in total. The van der Waals surface area contributed by atoms with Crippen LogP contribution in [0.5, 0.6) is 0 Å². The van der Waals surface area contributed by atoms with Crippen molar-refractivity contribution in [3.8, 4) is 0 Å². The molecule has 0 rings (SSSR count). The van der Waals surface area contributed by atoms with Gasteiger partial charge in [0.05, 0.1) is 0 Å². The molecule has 0 aromatic heterocycles. The maximum Gasteiger partial charge on any atom is 0.323 e. The van der Waals surface area contributed by atoms with Gasteiger partial charge in [0.1, 0.15) is 11.6 Å². The lowest BCUT2D eigenvalue weighted by Gasteiger charge is -2.31. The number of hydrogen-bond acceptors (Lipinski definition) is 3. The number of carbonyl (C=O) groups excluding carboxylic acids is 1. The van der Waals surface area contributed by atoms with Gasteiger partial charge in [0, 0.05) is 0 Å². The van der Waals surface area contributed by atoms with Gasteiger partial charge in [-0.15, -0.1) is 0 Å². The Balaban J connectivity index is 4.41. The number of rotatable bonds is 3. The first kappa shape index (κ1) is 13.4. The summed E-state index contributed by atoms with van der Waals surface area (Å²) in [5, 5.41) is 0. The molecular weight excluding hydrogens is 178 g/mol. The van der Waals surface area contributed by atoms with Crippen molar-refractivity contribution in [2.24, 2.45) is 11.1 Å². The Kier molecular flexibility index (Phi) is 4.13. The van der Waals surface area contributed by atoms with Gasteiger partial charge in [0.2, 0.25) is 0 Å². The lowest BCUT2D eigenvalue weighted by molar-refractivity contribution is -0.159. The van der Waals surface area contributed by atoms with Gasteiger partial charge in [0.25, 0.3) is 0 Å². The quantitative estimate of drug-likeness (QED) is 0.711. The number of ether oxygens (including phenoxy) is 1. The molecule has 3 heteroatoms. The number of esters is 1. The molecule has 0 fully saturated rings. The zero-order chi connectivity index (χ0) is 11.6. The third-order valence-electron chi connectivity index (χ3n) is 2.41. The molecule has 84 valence electrons. The first-order valence-corrected chi connectivity index (χ1v) is 5.08. The van der Waals surface area contributed by atoms with Gasteiger partial charge < -0.3 is 10.5 Å². The van der Waals surface area contributed by atoms with Crippen molar-refractivity contribution in [1.29, 1.82) is 0 Å². The molecule has 0 aliphatic carbocycles. The van der Waals surface area contributed by atoms with Crippen LogP contribution in [0.4, 0.5) is 0 Å². The summed E-state index contributed by atoms with van der Waals surface area (Å²) in [6.07, 6.45) is 0.855. The predicted molar refractivity (Wildman–Crippen MR) is 57.9 cm³/mol. The first-order valence-electron chi connectivity index (χ1n) is 5.08. The Morgan fingerprint density at radius 1 is 1.29 bits per heavy atom. The molecule has 1 atom stereocenters. The molecule has 1 unspecified atom stereocenters. The highest BCUT2D eigenvalue weighted by molar-refractivity contribution is 5.76. The Morgan fingerprint density at radius 2 is 1.71 bits per heavy atom. The molecule has 0 aromatic carbocycles.